The van der Waals surface area contributed by atoms with E-state index in [0.29, 0.717) is 17.6 Å². The van der Waals surface area contributed by atoms with E-state index in [-0.39, 0.29) is 0 Å². The summed E-state index contributed by atoms with van der Waals surface area (Å²) in [6.45, 7) is 0.808. The third-order valence-corrected chi connectivity index (χ3v) is 4.56. The molecule has 1 heterocycles. The van der Waals surface area contributed by atoms with Crippen molar-refractivity contribution in [1.29, 1.82) is 5.26 Å². The Hall–Kier alpha value is -2.38. The van der Waals surface area contributed by atoms with Crippen LogP contribution in [-0.2, 0) is 6.54 Å². The van der Waals surface area contributed by atoms with Gasteiger partial charge in [-0.05, 0) is 55.5 Å². The van der Waals surface area contributed by atoms with Crippen molar-refractivity contribution in [2.75, 3.05) is 4.90 Å². The van der Waals surface area contributed by atoms with Gasteiger partial charge in [-0.15, -0.1) is 0 Å². The number of nitriles is 1. The fourth-order valence-corrected chi connectivity index (χ4v) is 3.22. The van der Waals surface area contributed by atoms with E-state index in [2.05, 4.69) is 22.0 Å². The minimum atomic E-state index is 0.340. The third kappa shape index (κ3) is 3.88. The molecule has 0 spiro atoms. The highest BCUT2D eigenvalue weighted by atomic mass is 15.2. The lowest BCUT2D eigenvalue weighted by atomic mass is 9.90. The van der Waals surface area contributed by atoms with Crippen molar-refractivity contribution in [2.45, 2.75) is 44.3 Å². The number of nitrogens with two attached hydrogens (primary N) is 1. The molecule has 4 nitrogen and oxygen atoms in total. The fourth-order valence-electron chi connectivity index (χ4n) is 3.22. The molecule has 0 aliphatic heterocycles. The van der Waals surface area contributed by atoms with Crippen LogP contribution < -0.4 is 10.6 Å². The van der Waals surface area contributed by atoms with E-state index in [9.17, 15) is 0 Å². The molecule has 3 rings (SSSR count). The summed E-state index contributed by atoms with van der Waals surface area (Å²) in [5, 5.41) is 8.93. The predicted octanol–water partition coefficient (Wildman–Crippen LogP) is 3.23. The fraction of sp³-hybridized carbons (Fsp3) is 0.368. The van der Waals surface area contributed by atoms with Crippen LogP contribution in [0.15, 0.2) is 48.7 Å². The van der Waals surface area contributed by atoms with E-state index in [4.69, 9.17) is 11.0 Å². The maximum atomic E-state index is 8.93. The first kappa shape index (κ1) is 15.5. The van der Waals surface area contributed by atoms with E-state index >= 15 is 0 Å². The number of anilines is 1. The zero-order valence-corrected chi connectivity index (χ0v) is 13.2. The summed E-state index contributed by atoms with van der Waals surface area (Å²) in [5.41, 5.74) is 7.95. The van der Waals surface area contributed by atoms with Crippen molar-refractivity contribution in [3.8, 4) is 6.07 Å². The summed E-state index contributed by atoms with van der Waals surface area (Å²) in [7, 11) is 0. The van der Waals surface area contributed by atoms with Crippen LogP contribution in [0.2, 0.25) is 0 Å². The standard InChI is InChI=1S/C19H22N4/c20-13-15-4-6-16(7-5-15)14-23(19-3-1-2-12-22-19)18-10-8-17(21)9-11-18/h1-7,12,17-18H,8-11,14,21H2. The lowest BCUT2D eigenvalue weighted by Crippen LogP contribution is -2.41. The first-order chi connectivity index (χ1) is 11.3. The Morgan fingerprint density at radius 3 is 2.43 bits per heavy atom. The summed E-state index contributed by atoms with van der Waals surface area (Å²) in [6, 6.07) is 16.8. The third-order valence-electron chi connectivity index (χ3n) is 4.56. The first-order valence-electron chi connectivity index (χ1n) is 8.18. The molecule has 0 bridgehead atoms. The van der Waals surface area contributed by atoms with E-state index in [1.165, 1.54) is 5.56 Å². The summed E-state index contributed by atoms with van der Waals surface area (Å²) in [4.78, 5) is 6.93. The Morgan fingerprint density at radius 2 is 1.83 bits per heavy atom. The molecule has 23 heavy (non-hydrogen) atoms. The van der Waals surface area contributed by atoms with Gasteiger partial charge in [0, 0.05) is 24.8 Å². The molecule has 1 aromatic heterocycles. The maximum absolute atomic E-state index is 8.93. The van der Waals surface area contributed by atoms with Gasteiger partial charge in [0.15, 0.2) is 0 Å². The minimum absolute atomic E-state index is 0.340. The molecule has 1 aromatic carbocycles. The minimum Gasteiger partial charge on any atom is -0.349 e. The van der Waals surface area contributed by atoms with Gasteiger partial charge in [0.2, 0.25) is 0 Å². The van der Waals surface area contributed by atoms with Gasteiger partial charge in [-0.3, -0.25) is 0 Å². The average molecular weight is 306 g/mol. The molecule has 1 aliphatic carbocycles. The van der Waals surface area contributed by atoms with E-state index in [1.807, 2.05) is 42.6 Å². The lowest BCUT2D eigenvalue weighted by Gasteiger charge is -2.37. The van der Waals surface area contributed by atoms with Crippen molar-refractivity contribution in [2.24, 2.45) is 5.73 Å². The van der Waals surface area contributed by atoms with E-state index < -0.39 is 0 Å². The molecule has 0 atom stereocenters. The van der Waals surface area contributed by atoms with Crippen LogP contribution in [0.1, 0.15) is 36.8 Å². The van der Waals surface area contributed by atoms with E-state index in [0.717, 1.165) is 38.0 Å². The molecule has 0 radical (unpaired) electrons. The Bertz CT molecular complexity index is 652. The summed E-state index contributed by atoms with van der Waals surface area (Å²) >= 11 is 0. The van der Waals surface area contributed by atoms with Gasteiger partial charge >= 0.3 is 0 Å². The number of aromatic nitrogens is 1. The number of hydrogen-bond donors (Lipinski definition) is 1. The van der Waals surface area contributed by atoms with Crippen LogP contribution in [0.3, 0.4) is 0 Å². The van der Waals surface area contributed by atoms with Crippen LogP contribution in [0.5, 0.6) is 0 Å². The molecule has 2 N–H and O–H groups in total. The van der Waals surface area contributed by atoms with Gasteiger partial charge < -0.3 is 10.6 Å². The molecule has 0 unspecified atom stereocenters. The molecule has 2 aromatic rings. The van der Waals surface area contributed by atoms with Crippen LogP contribution in [-0.4, -0.2) is 17.1 Å². The van der Waals surface area contributed by atoms with Gasteiger partial charge in [0.25, 0.3) is 0 Å². The Balaban J connectivity index is 1.81. The molecule has 0 saturated heterocycles. The largest absolute Gasteiger partial charge is 0.349 e. The van der Waals surface area contributed by atoms with Crippen molar-refractivity contribution >= 4 is 5.82 Å². The Morgan fingerprint density at radius 1 is 1.09 bits per heavy atom. The lowest BCUT2D eigenvalue weighted by molar-refractivity contribution is 0.373. The Kier molecular flexibility index (Phi) is 4.89. The second-order valence-electron chi connectivity index (χ2n) is 6.19. The van der Waals surface area contributed by atoms with Crippen LogP contribution in [0, 0.1) is 11.3 Å². The second kappa shape index (κ2) is 7.26. The summed E-state index contributed by atoms with van der Waals surface area (Å²) in [5.74, 6) is 1.01. The summed E-state index contributed by atoms with van der Waals surface area (Å²) < 4.78 is 0. The molecular weight excluding hydrogens is 284 g/mol. The molecule has 1 aliphatic rings. The highest BCUT2D eigenvalue weighted by molar-refractivity contribution is 5.41. The zero-order chi connectivity index (χ0) is 16.1. The Labute approximate surface area is 137 Å². The van der Waals surface area contributed by atoms with Crippen molar-refractivity contribution < 1.29 is 0 Å². The van der Waals surface area contributed by atoms with Gasteiger partial charge in [0.05, 0.1) is 11.6 Å². The smallest absolute Gasteiger partial charge is 0.129 e. The number of nitrogens with zero attached hydrogens (tertiary/aromatic N) is 3. The quantitative estimate of drug-likeness (QED) is 0.941. The zero-order valence-electron chi connectivity index (χ0n) is 13.2. The van der Waals surface area contributed by atoms with Gasteiger partial charge in [-0.1, -0.05) is 18.2 Å². The number of hydrogen-bond acceptors (Lipinski definition) is 4. The van der Waals surface area contributed by atoms with Crippen LogP contribution in [0.4, 0.5) is 5.82 Å². The van der Waals surface area contributed by atoms with Gasteiger partial charge in [-0.25, -0.2) is 4.98 Å². The van der Waals surface area contributed by atoms with Gasteiger partial charge in [0.1, 0.15) is 5.82 Å². The van der Waals surface area contributed by atoms with Gasteiger partial charge in [-0.2, -0.15) is 5.26 Å². The highest BCUT2D eigenvalue weighted by Gasteiger charge is 2.25. The number of rotatable bonds is 4. The molecule has 1 fully saturated rings. The molecule has 4 heteroatoms. The average Bonchev–Trinajstić information content (AvgIpc) is 2.62. The van der Waals surface area contributed by atoms with E-state index in [1.54, 1.807) is 0 Å². The molecule has 1 saturated carbocycles. The van der Waals surface area contributed by atoms with Crippen LogP contribution in [0.25, 0.3) is 0 Å². The molecule has 0 amide bonds. The van der Waals surface area contributed by atoms with Crippen LogP contribution >= 0.6 is 0 Å². The first-order valence-corrected chi connectivity index (χ1v) is 8.18. The monoisotopic (exact) mass is 306 g/mol. The summed E-state index contributed by atoms with van der Waals surface area (Å²) in [6.07, 6.45) is 6.19. The number of benzene rings is 1. The van der Waals surface area contributed by atoms with Crippen molar-refractivity contribution in [3.63, 3.8) is 0 Å². The SMILES string of the molecule is N#Cc1ccc(CN(c2ccccn2)C2CCC(N)CC2)cc1. The molecular formula is C19H22N4. The number of pyridine rings is 1. The topological polar surface area (TPSA) is 65.9 Å². The highest BCUT2D eigenvalue weighted by Crippen LogP contribution is 2.27. The molecule has 118 valence electrons. The maximum Gasteiger partial charge on any atom is 0.129 e. The van der Waals surface area contributed by atoms with Crippen molar-refractivity contribution in [3.05, 3.63) is 59.8 Å². The van der Waals surface area contributed by atoms with Crippen molar-refractivity contribution in [1.82, 2.24) is 4.98 Å². The normalized spacial score (nSPS) is 20.7. The predicted molar refractivity (Wildman–Crippen MR) is 91.8 cm³/mol. The second-order valence-corrected chi connectivity index (χ2v) is 6.19.